The van der Waals surface area contributed by atoms with Gasteiger partial charge in [0.25, 0.3) is 0 Å². The Bertz CT molecular complexity index is 708. The monoisotopic (exact) mass is 292 g/mol. The fourth-order valence-electron chi connectivity index (χ4n) is 3.23. The van der Waals surface area contributed by atoms with E-state index in [4.69, 9.17) is 0 Å². The van der Waals surface area contributed by atoms with Crippen LogP contribution in [0.2, 0.25) is 0 Å². The lowest BCUT2D eigenvalue weighted by atomic mass is 9.79. The first-order chi connectivity index (χ1) is 10.5. The highest BCUT2D eigenvalue weighted by Crippen LogP contribution is 2.50. The predicted octanol–water partition coefficient (Wildman–Crippen LogP) is 5.45. The summed E-state index contributed by atoms with van der Waals surface area (Å²) in [6.07, 6.45) is 1.84. The molecule has 1 heteroatoms. The van der Waals surface area contributed by atoms with Crippen LogP contribution in [0.25, 0.3) is 16.7 Å². The number of hydrogen-bond donors (Lipinski definition) is 0. The minimum Gasteiger partial charge on any atom is -0.388 e. The molecule has 2 aromatic rings. The highest BCUT2D eigenvalue weighted by molar-refractivity contribution is 5.87. The molecule has 0 bridgehead atoms. The molecule has 0 radical (unpaired) electrons. The normalized spacial score (nSPS) is 13.5. The van der Waals surface area contributed by atoms with Crippen molar-refractivity contribution in [1.29, 1.82) is 0 Å². The molecule has 0 saturated carbocycles. The van der Waals surface area contributed by atoms with Gasteiger partial charge in [-0.15, -0.1) is 0 Å². The summed E-state index contributed by atoms with van der Waals surface area (Å²) in [6.45, 7) is 12.6. The van der Waals surface area contributed by atoms with E-state index >= 15 is 0 Å². The number of rotatable bonds is 2. The molecule has 0 unspecified atom stereocenters. The Morgan fingerprint density at radius 3 is 2.23 bits per heavy atom. The first-order valence-electron chi connectivity index (χ1n) is 7.44. The zero-order valence-electron chi connectivity index (χ0n) is 13.9. The molecule has 114 valence electrons. The van der Waals surface area contributed by atoms with Gasteiger partial charge in [-0.05, 0) is 33.4 Å². The van der Waals surface area contributed by atoms with Gasteiger partial charge in [-0.2, -0.15) is 0 Å². The quantitative estimate of drug-likeness (QED) is 0.668. The predicted molar refractivity (Wildman–Crippen MR) is 96.2 cm³/mol. The third-order valence-electron chi connectivity index (χ3n) is 4.17. The van der Waals surface area contributed by atoms with E-state index in [1.54, 1.807) is 14.2 Å². The van der Waals surface area contributed by atoms with Gasteiger partial charge in [0.05, 0.1) is 0 Å². The molecule has 1 aliphatic rings. The van der Waals surface area contributed by atoms with Crippen molar-refractivity contribution in [3.8, 4) is 11.1 Å². The maximum absolute atomic E-state index is 4.25. The summed E-state index contributed by atoms with van der Waals surface area (Å²) in [4.78, 5) is 0. The van der Waals surface area contributed by atoms with Crippen molar-refractivity contribution in [2.75, 3.05) is 14.2 Å². The van der Waals surface area contributed by atoms with Crippen molar-refractivity contribution >= 4 is 5.57 Å². The molecule has 0 aliphatic heterocycles. The van der Waals surface area contributed by atoms with Crippen LogP contribution in [0, 0.1) is 0 Å². The summed E-state index contributed by atoms with van der Waals surface area (Å²) in [5.41, 5.74) is 7.69. The number of allylic oxidation sites excluding steroid dienone is 2. The molecule has 0 spiro atoms. The Hall–Kier alpha value is -2.12. The van der Waals surface area contributed by atoms with Gasteiger partial charge in [-0.3, -0.25) is 0 Å². The first kappa shape index (κ1) is 16.3. The molecule has 1 nitrogen and oxygen atoms in total. The Kier molecular flexibility index (Phi) is 4.68. The fraction of sp³-hybridized carbons (Fsp3) is 0.238. The van der Waals surface area contributed by atoms with Crippen molar-refractivity contribution in [3.63, 3.8) is 0 Å². The average molecular weight is 292 g/mol. The van der Waals surface area contributed by atoms with E-state index in [0.717, 1.165) is 5.57 Å². The van der Waals surface area contributed by atoms with Gasteiger partial charge in [0.1, 0.15) is 0 Å². The second-order valence-electron chi connectivity index (χ2n) is 6.04. The maximum Gasteiger partial charge on any atom is 0.0351 e. The molecule has 1 aliphatic carbocycles. The molecule has 0 N–H and O–H groups in total. The first-order valence-corrected chi connectivity index (χ1v) is 7.44. The Morgan fingerprint density at radius 1 is 1.00 bits per heavy atom. The Balaban J connectivity index is 0.000000545. The van der Waals surface area contributed by atoms with Crippen LogP contribution in [0.15, 0.2) is 61.7 Å². The van der Waals surface area contributed by atoms with Crippen LogP contribution in [-0.2, 0) is 10.2 Å². The van der Waals surface area contributed by atoms with Crippen LogP contribution >= 0.6 is 0 Å². The van der Waals surface area contributed by atoms with Crippen molar-refractivity contribution in [2.24, 2.45) is 0 Å². The van der Waals surface area contributed by atoms with Gasteiger partial charge in [0.2, 0.25) is 0 Å². The van der Waals surface area contributed by atoms with Gasteiger partial charge in [0, 0.05) is 19.6 Å². The second-order valence-corrected chi connectivity index (χ2v) is 6.04. The van der Waals surface area contributed by atoms with Gasteiger partial charge < -0.3 is 4.74 Å². The maximum atomic E-state index is 4.25. The smallest absolute Gasteiger partial charge is 0.0351 e. The number of fused-ring (bicyclic) bond motifs is 3. The van der Waals surface area contributed by atoms with Crippen molar-refractivity contribution in [1.82, 2.24) is 0 Å². The van der Waals surface area contributed by atoms with E-state index in [9.17, 15) is 0 Å². The minimum atomic E-state index is 0.0223. The third kappa shape index (κ3) is 2.53. The summed E-state index contributed by atoms with van der Waals surface area (Å²) in [5.74, 6) is 0. The third-order valence-corrected chi connectivity index (χ3v) is 4.17. The molecule has 22 heavy (non-hydrogen) atoms. The minimum absolute atomic E-state index is 0.0223. The summed E-state index contributed by atoms with van der Waals surface area (Å²) in [5, 5.41) is 0. The molecule has 0 fully saturated rings. The van der Waals surface area contributed by atoms with Crippen molar-refractivity contribution in [3.05, 3.63) is 78.4 Å². The van der Waals surface area contributed by atoms with Crippen LogP contribution < -0.4 is 0 Å². The number of ether oxygens (including phenoxy) is 1. The molecular formula is C21H24O. The van der Waals surface area contributed by atoms with Crippen molar-refractivity contribution < 1.29 is 4.74 Å². The van der Waals surface area contributed by atoms with E-state index in [1.807, 2.05) is 6.08 Å². The summed E-state index contributed by atoms with van der Waals surface area (Å²) in [7, 11) is 3.25. The summed E-state index contributed by atoms with van der Waals surface area (Å²) in [6, 6.07) is 15.1. The number of benzene rings is 2. The van der Waals surface area contributed by atoms with E-state index in [1.165, 1.54) is 27.8 Å². The van der Waals surface area contributed by atoms with Crippen LogP contribution in [0.3, 0.4) is 0 Å². The standard InChI is InChI=1S/C19H18.C2H6O/c1-5-13(2)14-10-8-11-16-15-9-6-7-12-17(15)19(3,4)18(14)16;1-3-2/h5-12H,1-2H2,3-4H3;1-2H3. The zero-order valence-corrected chi connectivity index (χ0v) is 13.9. The molecule has 0 aromatic heterocycles. The second kappa shape index (κ2) is 6.33. The lowest BCUT2D eigenvalue weighted by Crippen LogP contribution is -2.16. The van der Waals surface area contributed by atoms with Gasteiger partial charge in [-0.25, -0.2) is 0 Å². The topological polar surface area (TPSA) is 9.23 Å². The van der Waals surface area contributed by atoms with Gasteiger partial charge in [0.15, 0.2) is 0 Å². The lowest BCUT2D eigenvalue weighted by Gasteiger charge is -2.24. The Labute approximate surface area is 134 Å². The fourth-order valence-corrected chi connectivity index (χ4v) is 3.23. The molecule has 2 aromatic carbocycles. The number of hydrogen-bond acceptors (Lipinski definition) is 1. The molecular weight excluding hydrogens is 268 g/mol. The van der Waals surface area contributed by atoms with E-state index in [-0.39, 0.29) is 5.41 Å². The van der Waals surface area contributed by atoms with E-state index in [2.05, 4.69) is 74.2 Å². The van der Waals surface area contributed by atoms with E-state index in [0.29, 0.717) is 0 Å². The highest BCUT2D eigenvalue weighted by Gasteiger charge is 2.36. The molecule has 0 amide bonds. The van der Waals surface area contributed by atoms with Crippen LogP contribution in [0.4, 0.5) is 0 Å². The summed E-state index contributed by atoms with van der Waals surface area (Å²) >= 11 is 0. The molecule has 0 heterocycles. The molecule has 0 atom stereocenters. The largest absolute Gasteiger partial charge is 0.388 e. The Morgan fingerprint density at radius 2 is 1.59 bits per heavy atom. The molecule has 3 rings (SSSR count). The molecule has 0 saturated heterocycles. The van der Waals surface area contributed by atoms with Crippen LogP contribution in [0.5, 0.6) is 0 Å². The lowest BCUT2D eigenvalue weighted by molar-refractivity contribution is 0.277. The van der Waals surface area contributed by atoms with Crippen molar-refractivity contribution in [2.45, 2.75) is 19.3 Å². The number of methoxy groups -OCH3 is 1. The van der Waals surface area contributed by atoms with Gasteiger partial charge in [-0.1, -0.05) is 75.5 Å². The SMILES string of the molecule is C=CC(=C)c1cccc2c1C(C)(C)c1ccccc1-2.COC. The van der Waals surface area contributed by atoms with Crippen LogP contribution in [0.1, 0.15) is 30.5 Å². The van der Waals surface area contributed by atoms with Crippen LogP contribution in [-0.4, -0.2) is 14.2 Å². The average Bonchev–Trinajstić information content (AvgIpc) is 2.76. The summed E-state index contributed by atoms with van der Waals surface area (Å²) < 4.78 is 4.25. The zero-order chi connectivity index (χ0) is 16.3. The highest BCUT2D eigenvalue weighted by atomic mass is 16.4. The van der Waals surface area contributed by atoms with Gasteiger partial charge >= 0.3 is 0 Å². The van der Waals surface area contributed by atoms with E-state index < -0.39 is 0 Å².